The van der Waals surface area contributed by atoms with Gasteiger partial charge in [-0.25, -0.2) is 0 Å². The Morgan fingerprint density at radius 2 is 2.37 bits per heavy atom. The second kappa shape index (κ2) is 6.15. The highest BCUT2D eigenvalue weighted by molar-refractivity contribution is 7.99. The van der Waals surface area contributed by atoms with Gasteiger partial charge in [0.15, 0.2) is 5.78 Å². The molecule has 1 fully saturated rings. The minimum atomic E-state index is 0.0457. The van der Waals surface area contributed by atoms with Gasteiger partial charge in [0, 0.05) is 20.0 Å². The van der Waals surface area contributed by atoms with E-state index in [1.165, 1.54) is 11.3 Å². The van der Waals surface area contributed by atoms with E-state index in [1.807, 2.05) is 6.26 Å². The minimum absolute atomic E-state index is 0.0457. The van der Waals surface area contributed by atoms with E-state index >= 15 is 0 Å². The maximum atomic E-state index is 11.6. The van der Waals surface area contributed by atoms with Crippen molar-refractivity contribution < 1.29 is 9.53 Å². The molecule has 0 saturated carbocycles. The molecule has 1 aromatic heterocycles. The summed E-state index contributed by atoms with van der Waals surface area (Å²) < 4.78 is 5.69. The smallest absolute Gasteiger partial charge is 0.171 e. The monoisotopic (exact) mass is 300 g/mol. The number of nitrogens with two attached hydrogens (primary N) is 1. The quantitative estimate of drug-likeness (QED) is 0.684. The van der Waals surface area contributed by atoms with E-state index in [4.69, 9.17) is 10.5 Å². The van der Waals surface area contributed by atoms with Crippen LogP contribution in [0.2, 0.25) is 0 Å². The van der Waals surface area contributed by atoms with Crippen LogP contribution in [0, 0.1) is 0 Å². The van der Waals surface area contributed by atoms with Gasteiger partial charge in [-0.05, 0) is 12.7 Å². The highest BCUT2D eigenvalue weighted by atomic mass is 32.2. The fraction of sp³-hybridized carbons (Fsp3) is 0.615. The van der Waals surface area contributed by atoms with Gasteiger partial charge in [0.25, 0.3) is 0 Å². The Hall–Kier alpha value is -0.720. The van der Waals surface area contributed by atoms with Crippen molar-refractivity contribution >= 4 is 39.6 Å². The van der Waals surface area contributed by atoms with Crippen LogP contribution >= 0.6 is 23.1 Å². The van der Waals surface area contributed by atoms with Crippen molar-refractivity contribution in [1.82, 2.24) is 0 Å². The van der Waals surface area contributed by atoms with E-state index in [0.717, 1.165) is 36.0 Å². The summed E-state index contributed by atoms with van der Waals surface area (Å²) in [5.41, 5.74) is 6.74. The number of morpholine rings is 1. The van der Waals surface area contributed by atoms with Crippen molar-refractivity contribution in [2.24, 2.45) is 0 Å². The number of nitrogens with zero attached hydrogens (tertiary/aromatic N) is 1. The zero-order chi connectivity index (χ0) is 14.0. The Labute approximate surface area is 122 Å². The first kappa shape index (κ1) is 14.7. The Balaban J connectivity index is 2.33. The van der Waals surface area contributed by atoms with Crippen molar-refractivity contribution in [3.63, 3.8) is 0 Å². The number of anilines is 2. The molecule has 2 heterocycles. The van der Waals surface area contributed by atoms with Gasteiger partial charge in [0.05, 0.1) is 28.2 Å². The lowest BCUT2D eigenvalue weighted by Crippen LogP contribution is -2.42. The maximum absolute atomic E-state index is 11.6. The number of thioether (sulfide) groups is 1. The van der Waals surface area contributed by atoms with Crippen molar-refractivity contribution in [1.29, 1.82) is 0 Å². The summed E-state index contributed by atoms with van der Waals surface area (Å²) in [6.45, 7) is 6.18. The van der Waals surface area contributed by atoms with Crippen molar-refractivity contribution in [2.75, 3.05) is 36.6 Å². The third-order valence-electron chi connectivity index (χ3n) is 3.29. The molecule has 1 atom stereocenters. The zero-order valence-corrected chi connectivity index (χ0v) is 13.2. The highest BCUT2D eigenvalue weighted by Gasteiger charge is 2.26. The van der Waals surface area contributed by atoms with Crippen LogP contribution in [0.15, 0.2) is 4.90 Å². The molecule has 0 radical (unpaired) electrons. The average Bonchev–Trinajstić information content (AvgIpc) is 2.75. The van der Waals surface area contributed by atoms with Crippen LogP contribution in [0.25, 0.3) is 0 Å². The van der Waals surface area contributed by atoms with Gasteiger partial charge in [-0.3, -0.25) is 4.79 Å². The summed E-state index contributed by atoms with van der Waals surface area (Å²) in [7, 11) is 0. The summed E-state index contributed by atoms with van der Waals surface area (Å²) >= 11 is 3.13. The number of hydrogen-bond acceptors (Lipinski definition) is 6. The molecule has 1 aromatic rings. The molecule has 6 heteroatoms. The molecule has 0 amide bonds. The first-order valence-corrected chi connectivity index (χ1v) is 8.46. The highest BCUT2D eigenvalue weighted by Crippen LogP contribution is 2.44. The van der Waals surface area contributed by atoms with Gasteiger partial charge < -0.3 is 15.4 Å². The van der Waals surface area contributed by atoms with Crippen LogP contribution in [-0.4, -0.2) is 37.8 Å². The van der Waals surface area contributed by atoms with Gasteiger partial charge in [0.2, 0.25) is 0 Å². The van der Waals surface area contributed by atoms with Crippen LogP contribution in [0.3, 0.4) is 0 Å². The molecule has 0 aliphatic carbocycles. The van der Waals surface area contributed by atoms with E-state index < -0.39 is 0 Å². The van der Waals surface area contributed by atoms with Crippen molar-refractivity contribution in [2.45, 2.75) is 31.3 Å². The van der Waals surface area contributed by atoms with Crippen LogP contribution in [0.4, 0.5) is 10.7 Å². The lowest BCUT2D eigenvalue weighted by Gasteiger charge is -2.33. The molecule has 19 heavy (non-hydrogen) atoms. The van der Waals surface area contributed by atoms with Gasteiger partial charge in [0.1, 0.15) is 5.00 Å². The topological polar surface area (TPSA) is 55.6 Å². The summed E-state index contributed by atoms with van der Waals surface area (Å²) in [5.74, 6) is 0.0457. The number of ether oxygens (including phenoxy) is 1. The van der Waals surface area contributed by atoms with Crippen LogP contribution in [0.1, 0.15) is 29.9 Å². The van der Waals surface area contributed by atoms with Crippen LogP contribution in [-0.2, 0) is 4.74 Å². The van der Waals surface area contributed by atoms with E-state index in [1.54, 1.807) is 18.7 Å². The van der Waals surface area contributed by atoms with E-state index in [0.29, 0.717) is 10.6 Å². The molecule has 2 N–H and O–H groups in total. The first-order chi connectivity index (χ1) is 9.08. The summed E-state index contributed by atoms with van der Waals surface area (Å²) in [5, 5.41) is 1.12. The Kier molecular flexibility index (Phi) is 4.76. The number of rotatable bonds is 4. The fourth-order valence-electron chi connectivity index (χ4n) is 2.23. The standard InChI is InChI=1S/C13H20N2O2S2/c1-4-9-7-15(5-6-17-9)13-12(18-3)10(14)11(19-13)8(2)16/h9H,4-7,14H2,1-3H3. The second-order valence-corrected chi connectivity index (χ2v) is 6.40. The van der Waals surface area contributed by atoms with Gasteiger partial charge >= 0.3 is 0 Å². The molecule has 0 aromatic carbocycles. The van der Waals surface area contributed by atoms with E-state index in [9.17, 15) is 4.79 Å². The SMILES string of the molecule is CCC1CN(c2sc(C(C)=O)c(N)c2SC)CCO1. The minimum Gasteiger partial charge on any atom is -0.396 e. The molecule has 4 nitrogen and oxygen atoms in total. The zero-order valence-electron chi connectivity index (χ0n) is 11.6. The molecular formula is C13H20N2O2S2. The van der Waals surface area contributed by atoms with Gasteiger partial charge in [-0.15, -0.1) is 23.1 Å². The molecule has 1 aliphatic heterocycles. The number of hydrogen-bond donors (Lipinski definition) is 1. The summed E-state index contributed by atoms with van der Waals surface area (Å²) in [4.78, 5) is 15.6. The molecule has 1 saturated heterocycles. The number of carbonyl (C=O) groups is 1. The van der Waals surface area contributed by atoms with Crippen LogP contribution in [0.5, 0.6) is 0 Å². The molecule has 0 spiro atoms. The van der Waals surface area contributed by atoms with E-state index in [-0.39, 0.29) is 11.9 Å². The molecule has 1 aliphatic rings. The Morgan fingerprint density at radius 1 is 1.63 bits per heavy atom. The third kappa shape index (κ3) is 2.90. The lowest BCUT2D eigenvalue weighted by atomic mass is 10.2. The maximum Gasteiger partial charge on any atom is 0.171 e. The Bertz CT molecular complexity index is 473. The molecule has 106 valence electrons. The number of carbonyl (C=O) groups excluding carboxylic acids is 1. The number of Topliss-reactive ketones (excluding diaryl/α,β-unsaturated/α-hetero) is 1. The fourth-order valence-corrected chi connectivity index (χ4v) is 4.35. The third-order valence-corrected chi connectivity index (χ3v) is 5.61. The molecule has 1 unspecified atom stereocenters. The van der Waals surface area contributed by atoms with Crippen molar-refractivity contribution in [3.8, 4) is 0 Å². The molecule has 0 bridgehead atoms. The first-order valence-electron chi connectivity index (χ1n) is 6.42. The average molecular weight is 300 g/mol. The lowest BCUT2D eigenvalue weighted by molar-refractivity contribution is 0.0385. The molecule has 2 rings (SSSR count). The normalized spacial score (nSPS) is 19.7. The number of ketones is 1. The number of thiophene rings is 1. The summed E-state index contributed by atoms with van der Waals surface area (Å²) in [6.07, 6.45) is 3.28. The van der Waals surface area contributed by atoms with Crippen LogP contribution < -0.4 is 10.6 Å². The summed E-state index contributed by atoms with van der Waals surface area (Å²) in [6, 6.07) is 0. The predicted octanol–water partition coefficient (Wildman–Crippen LogP) is 2.87. The molecular weight excluding hydrogens is 280 g/mol. The van der Waals surface area contributed by atoms with Gasteiger partial charge in [-0.1, -0.05) is 6.92 Å². The Morgan fingerprint density at radius 3 is 2.95 bits per heavy atom. The predicted molar refractivity (Wildman–Crippen MR) is 82.8 cm³/mol. The van der Waals surface area contributed by atoms with E-state index in [2.05, 4.69) is 11.8 Å². The largest absolute Gasteiger partial charge is 0.396 e. The van der Waals surface area contributed by atoms with Crippen molar-refractivity contribution in [3.05, 3.63) is 4.88 Å². The number of nitrogen functional groups attached to an aromatic ring is 1. The van der Waals surface area contributed by atoms with Gasteiger partial charge in [-0.2, -0.15) is 0 Å². The second-order valence-electron chi connectivity index (χ2n) is 4.59.